The zero-order valence-corrected chi connectivity index (χ0v) is 38.1. The highest BCUT2D eigenvalue weighted by molar-refractivity contribution is 6.39. The van der Waals surface area contributed by atoms with Crippen molar-refractivity contribution < 1.29 is 49.0 Å². The van der Waals surface area contributed by atoms with E-state index in [1.165, 1.54) is 4.90 Å². The number of benzene rings is 7. The van der Waals surface area contributed by atoms with Gasteiger partial charge in [0.1, 0.15) is 49.1 Å². The standard InChI is InChI=1S/C57H51N3O10/c61-29-45-52(62)53(63)54(64)57(70-45)60-44-28-40(69-32-37-19-11-4-12-20-37)24-26-42(44)47-49-48(46-41-25-23-39(27-43(41)58-50(46)51(47)60)68-31-36-17-9-3-10-18-36)55(65)59(56(49)66)38(22-21-34-13-5-1-6-14-34)33-67-30-35-15-7-2-8-16-35/h1-20,23-28,38,45,52-54,57-58,61-64H,21-22,29-33H2/t38?,45-,52-,53+,54-,57-/m1/s1. The van der Waals surface area contributed by atoms with Gasteiger partial charge in [0.05, 0.1) is 59.1 Å². The van der Waals surface area contributed by atoms with Gasteiger partial charge in [-0.05, 0) is 59.4 Å². The Balaban J connectivity index is 1.12. The Kier molecular flexibility index (Phi) is 12.4. The molecule has 1 unspecified atom stereocenters. The Hall–Kier alpha value is -7.36. The van der Waals surface area contributed by atoms with E-state index in [4.69, 9.17) is 18.9 Å². The number of hydrogen-bond donors (Lipinski definition) is 5. The van der Waals surface area contributed by atoms with Crippen LogP contribution in [0.1, 0.15) is 55.6 Å². The predicted molar refractivity (Wildman–Crippen MR) is 265 cm³/mol. The SMILES string of the molecule is O=C1c2c(c3c4ccc(OCc5ccccc5)cc4n([C@@H]4O[C@H](CO)[C@@H](O)[C@H](O)[C@H]4O)c3c3[nH]c4cc(OCc5ccccc5)ccc4c23)C(=O)N1C(CCc1ccccc1)COCc1ccccc1. The first-order valence-electron chi connectivity index (χ1n) is 23.5. The zero-order valence-electron chi connectivity index (χ0n) is 38.1. The highest BCUT2D eigenvalue weighted by atomic mass is 16.6. The number of aryl methyl sites for hydroxylation is 1. The number of nitrogens with one attached hydrogen (secondary N) is 1. The van der Waals surface area contributed by atoms with E-state index in [0.29, 0.717) is 74.6 Å². The summed E-state index contributed by atoms with van der Waals surface area (Å²) in [7, 11) is 0. The predicted octanol–water partition coefficient (Wildman–Crippen LogP) is 8.37. The number of H-pyrrole nitrogens is 1. The molecule has 0 radical (unpaired) electrons. The number of carbonyl (C=O) groups excluding carboxylic acids is 2. The van der Waals surface area contributed by atoms with E-state index in [-0.39, 0.29) is 30.9 Å². The number of imide groups is 1. The topological polar surface area (TPSA) is 176 Å². The third-order valence-electron chi connectivity index (χ3n) is 13.6. The monoisotopic (exact) mass is 937 g/mol. The number of fused-ring (bicyclic) bond motifs is 10. The number of hydrogen-bond acceptors (Lipinski definition) is 10. The van der Waals surface area contributed by atoms with Gasteiger partial charge in [0.25, 0.3) is 11.8 Å². The molecule has 11 rings (SSSR count). The van der Waals surface area contributed by atoms with Gasteiger partial charge in [-0.25, -0.2) is 0 Å². The Bertz CT molecular complexity index is 3340. The third kappa shape index (κ3) is 8.26. The first-order chi connectivity index (χ1) is 34.3. The van der Waals surface area contributed by atoms with E-state index in [2.05, 4.69) is 4.98 Å². The van der Waals surface area contributed by atoms with Crippen molar-refractivity contribution in [3.05, 3.63) is 191 Å². The van der Waals surface area contributed by atoms with Crippen molar-refractivity contribution in [2.75, 3.05) is 13.2 Å². The zero-order chi connectivity index (χ0) is 47.9. The number of amides is 2. The lowest BCUT2D eigenvalue weighted by molar-refractivity contribution is -0.249. The molecule has 13 heteroatoms. The van der Waals surface area contributed by atoms with Crippen molar-refractivity contribution in [3.63, 3.8) is 0 Å². The van der Waals surface area contributed by atoms with E-state index < -0.39 is 55.1 Å². The molecule has 2 amide bonds. The molecule has 1 fully saturated rings. The molecule has 0 aliphatic carbocycles. The normalized spacial score (nSPS) is 19.7. The van der Waals surface area contributed by atoms with E-state index in [9.17, 15) is 20.4 Å². The molecule has 9 aromatic rings. The van der Waals surface area contributed by atoms with Gasteiger partial charge in [0, 0.05) is 33.7 Å². The second-order valence-electron chi connectivity index (χ2n) is 18.0. The van der Waals surface area contributed by atoms with Crippen molar-refractivity contribution in [3.8, 4) is 11.5 Å². The van der Waals surface area contributed by atoms with Crippen molar-refractivity contribution in [1.82, 2.24) is 14.5 Å². The summed E-state index contributed by atoms with van der Waals surface area (Å²) in [6.45, 7) is 0.237. The van der Waals surface area contributed by atoms with Crippen LogP contribution in [0.5, 0.6) is 11.5 Å². The van der Waals surface area contributed by atoms with E-state index in [0.717, 1.165) is 22.3 Å². The molecule has 7 aromatic carbocycles. The fourth-order valence-corrected chi connectivity index (χ4v) is 10.1. The Morgan fingerprint density at radius 1 is 0.600 bits per heavy atom. The van der Waals surface area contributed by atoms with Gasteiger partial charge < -0.3 is 48.9 Å². The fourth-order valence-electron chi connectivity index (χ4n) is 10.1. The molecule has 0 spiro atoms. The lowest BCUT2D eigenvalue weighted by atomic mass is 9.96. The van der Waals surface area contributed by atoms with Crippen LogP contribution in [-0.2, 0) is 35.7 Å². The molecule has 2 aromatic heterocycles. The molecule has 0 saturated carbocycles. The van der Waals surface area contributed by atoms with E-state index >= 15 is 9.59 Å². The summed E-state index contributed by atoms with van der Waals surface area (Å²) in [4.78, 5) is 36.2. The summed E-state index contributed by atoms with van der Waals surface area (Å²) in [5.74, 6) is 0.0270. The Morgan fingerprint density at radius 3 is 1.74 bits per heavy atom. The number of aliphatic hydroxyl groups excluding tert-OH is 4. The molecule has 2 aliphatic heterocycles. The van der Waals surface area contributed by atoms with Crippen molar-refractivity contribution in [2.24, 2.45) is 0 Å². The van der Waals surface area contributed by atoms with Crippen LogP contribution >= 0.6 is 0 Å². The summed E-state index contributed by atoms with van der Waals surface area (Å²) in [5.41, 5.74) is 6.18. The molecule has 6 atom stereocenters. The quantitative estimate of drug-likeness (QED) is 0.0592. The number of aromatic nitrogens is 2. The Labute approximate surface area is 402 Å². The van der Waals surface area contributed by atoms with Crippen LogP contribution in [0.4, 0.5) is 0 Å². The first kappa shape index (κ1) is 45.1. The van der Waals surface area contributed by atoms with Gasteiger partial charge in [-0.15, -0.1) is 0 Å². The number of nitrogens with zero attached hydrogens (tertiary/aromatic N) is 2. The molecule has 0 bridgehead atoms. The summed E-state index contributed by atoms with van der Waals surface area (Å²) < 4.78 is 27.0. The second-order valence-corrected chi connectivity index (χ2v) is 18.0. The highest BCUT2D eigenvalue weighted by Crippen LogP contribution is 2.49. The molecule has 5 N–H and O–H groups in total. The highest BCUT2D eigenvalue weighted by Gasteiger charge is 2.48. The van der Waals surface area contributed by atoms with Gasteiger partial charge in [-0.1, -0.05) is 121 Å². The Morgan fingerprint density at radius 2 is 1.14 bits per heavy atom. The van der Waals surface area contributed by atoms with Crippen molar-refractivity contribution in [1.29, 1.82) is 0 Å². The van der Waals surface area contributed by atoms with Gasteiger partial charge >= 0.3 is 0 Å². The van der Waals surface area contributed by atoms with Crippen LogP contribution in [-0.4, -0.2) is 90.4 Å². The minimum Gasteiger partial charge on any atom is -0.489 e. The maximum atomic E-state index is 15.7. The van der Waals surface area contributed by atoms with Gasteiger partial charge in [-0.2, -0.15) is 0 Å². The second kappa shape index (κ2) is 19.2. The van der Waals surface area contributed by atoms with Gasteiger partial charge in [0.2, 0.25) is 0 Å². The third-order valence-corrected chi connectivity index (χ3v) is 13.6. The maximum Gasteiger partial charge on any atom is 0.262 e. The minimum atomic E-state index is -1.72. The van der Waals surface area contributed by atoms with Gasteiger partial charge in [-0.3, -0.25) is 14.5 Å². The lowest BCUT2D eigenvalue weighted by Crippen LogP contribution is -2.56. The molecule has 354 valence electrons. The smallest absolute Gasteiger partial charge is 0.262 e. The van der Waals surface area contributed by atoms with Crippen LogP contribution in [0.2, 0.25) is 0 Å². The average Bonchev–Trinajstić information content (AvgIpc) is 4.02. The largest absolute Gasteiger partial charge is 0.489 e. The summed E-state index contributed by atoms with van der Waals surface area (Å²) in [5, 5.41) is 46.7. The number of carbonyl (C=O) groups is 2. The molecular weight excluding hydrogens is 887 g/mol. The maximum absolute atomic E-state index is 15.7. The molecule has 2 aliphatic rings. The number of aliphatic hydroxyl groups is 4. The minimum absolute atomic E-state index is 0.0736. The van der Waals surface area contributed by atoms with E-state index in [1.807, 2.05) is 146 Å². The van der Waals surface area contributed by atoms with Crippen LogP contribution < -0.4 is 9.47 Å². The van der Waals surface area contributed by atoms with Crippen LogP contribution in [0.25, 0.3) is 43.6 Å². The lowest BCUT2D eigenvalue weighted by Gasteiger charge is -2.41. The van der Waals surface area contributed by atoms with Crippen LogP contribution in [0.3, 0.4) is 0 Å². The van der Waals surface area contributed by atoms with E-state index in [1.54, 1.807) is 16.7 Å². The summed E-state index contributed by atoms with van der Waals surface area (Å²) >= 11 is 0. The number of ether oxygens (including phenoxy) is 4. The van der Waals surface area contributed by atoms with Crippen molar-refractivity contribution in [2.45, 2.75) is 69.3 Å². The first-order valence-corrected chi connectivity index (χ1v) is 23.5. The molecule has 70 heavy (non-hydrogen) atoms. The number of rotatable bonds is 16. The summed E-state index contributed by atoms with van der Waals surface area (Å²) in [6, 6.07) is 49.4. The average molecular weight is 938 g/mol. The summed E-state index contributed by atoms with van der Waals surface area (Å²) in [6.07, 6.45) is -6.76. The molecule has 13 nitrogen and oxygen atoms in total. The van der Waals surface area contributed by atoms with Crippen LogP contribution in [0, 0.1) is 0 Å². The fraction of sp³-hybridized carbons (Fsp3) is 0.228. The van der Waals surface area contributed by atoms with Crippen molar-refractivity contribution >= 4 is 55.4 Å². The van der Waals surface area contributed by atoms with Crippen LogP contribution in [0.15, 0.2) is 158 Å². The molecule has 4 heterocycles. The molecular formula is C57H51N3O10. The number of aromatic amines is 1. The molecule has 1 saturated heterocycles. The van der Waals surface area contributed by atoms with Gasteiger partial charge in [0.15, 0.2) is 6.23 Å².